The van der Waals surface area contributed by atoms with Crippen LogP contribution in [-0.4, -0.2) is 32.1 Å². The average Bonchev–Trinajstić information content (AvgIpc) is 2.42. The van der Waals surface area contributed by atoms with Gasteiger partial charge in [0.05, 0.1) is 7.11 Å². The van der Waals surface area contributed by atoms with E-state index in [0.29, 0.717) is 6.54 Å². The van der Waals surface area contributed by atoms with Crippen LogP contribution in [0, 0.1) is 0 Å². The Morgan fingerprint density at radius 2 is 2.17 bits per heavy atom. The molecule has 0 radical (unpaired) electrons. The highest BCUT2D eigenvalue weighted by atomic mass is 32.2. The van der Waals surface area contributed by atoms with E-state index in [4.69, 9.17) is 9.47 Å². The molecule has 1 aromatic rings. The van der Waals surface area contributed by atoms with E-state index < -0.39 is 6.09 Å². The molecule has 0 unspecified atom stereocenters. The van der Waals surface area contributed by atoms with Crippen molar-refractivity contribution in [1.82, 2.24) is 5.32 Å². The van der Waals surface area contributed by atoms with Gasteiger partial charge in [-0.2, -0.15) is 0 Å². The second-order valence-electron chi connectivity index (χ2n) is 3.34. The highest BCUT2D eigenvalue weighted by molar-refractivity contribution is 7.99. The van der Waals surface area contributed by atoms with Crippen molar-refractivity contribution in [3.05, 3.63) is 36.9 Å². The molecule has 1 N–H and O–H groups in total. The minimum atomic E-state index is -0.412. The molecular formula is C13H17NO3S. The van der Waals surface area contributed by atoms with Crippen LogP contribution in [0.2, 0.25) is 0 Å². The molecule has 0 spiro atoms. The monoisotopic (exact) mass is 267 g/mol. The van der Waals surface area contributed by atoms with E-state index in [1.54, 1.807) is 18.9 Å². The highest BCUT2D eigenvalue weighted by Crippen LogP contribution is 2.20. The Bertz CT molecular complexity index is 378. The standard InChI is InChI=1S/C13H17NO3S/c1-3-9-17-13(15)14-8-10-18-12-6-4-11(16-2)5-7-12/h3-7H,1,8-10H2,2H3,(H,14,15). The maximum absolute atomic E-state index is 11.1. The molecule has 1 aromatic carbocycles. The van der Waals surface area contributed by atoms with Crippen LogP contribution in [0.15, 0.2) is 41.8 Å². The first kappa shape index (κ1) is 14.4. The van der Waals surface area contributed by atoms with Gasteiger partial charge in [-0.1, -0.05) is 12.7 Å². The van der Waals surface area contributed by atoms with Crippen molar-refractivity contribution in [2.75, 3.05) is 26.0 Å². The van der Waals surface area contributed by atoms with Crippen LogP contribution in [0.25, 0.3) is 0 Å². The lowest BCUT2D eigenvalue weighted by Crippen LogP contribution is -2.26. The van der Waals surface area contributed by atoms with E-state index >= 15 is 0 Å². The third-order valence-electron chi connectivity index (χ3n) is 2.03. The number of thioether (sulfide) groups is 1. The summed E-state index contributed by atoms with van der Waals surface area (Å²) in [6.45, 7) is 4.26. The summed E-state index contributed by atoms with van der Waals surface area (Å²) in [7, 11) is 1.64. The van der Waals surface area contributed by atoms with Gasteiger partial charge in [-0.25, -0.2) is 4.79 Å². The fourth-order valence-electron chi connectivity index (χ4n) is 1.18. The van der Waals surface area contributed by atoms with E-state index in [-0.39, 0.29) is 6.61 Å². The summed E-state index contributed by atoms with van der Waals surface area (Å²) >= 11 is 1.66. The molecular weight excluding hydrogens is 250 g/mol. The third-order valence-corrected chi connectivity index (χ3v) is 3.05. The Morgan fingerprint density at radius 3 is 2.78 bits per heavy atom. The number of hydrogen-bond donors (Lipinski definition) is 1. The number of alkyl carbamates (subject to hydrolysis) is 1. The molecule has 0 aliphatic carbocycles. The Hall–Kier alpha value is -1.62. The van der Waals surface area contributed by atoms with E-state index in [1.807, 2.05) is 24.3 Å². The summed E-state index contributed by atoms with van der Waals surface area (Å²) in [5.41, 5.74) is 0. The molecule has 4 nitrogen and oxygen atoms in total. The molecule has 0 atom stereocenters. The highest BCUT2D eigenvalue weighted by Gasteiger charge is 2.00. The van der Waals surface area contributed by atoms with Gasteiger partial charge in [-0.3, -0.25) is 0 Å². The summed E-state index contributed by atoms with van der Waals surface area (Å²) < 4.78 is 9.85. The number of amides is 1. The summed E-state index contributed by atoms with van der Waals surface area (Å²) in [6, 6.07) is 7.79. The Kier molecular flexibility index (Phi) is 6.79. The number of hydrogen-bond acceptors (Lipinski definition) is 4. The van der Waals surface area contributed by atoms with Crippen LogP contribution in [0.4, 0.5) is 4.79 Å². The first-order chi connectivity index (χ1) is 8.76. The van der Waals surface area contributed by atoms with Gasteiger partial charge in [0.25, 0.3) is 0 Å². The SMILES string of the molecule is C=CCOC(=O)NCCSc1ccc(OC)cc1. The number of carbonyl (C=O) groups excluding carboxylic acids is 1. The molecule has 0 aromatic heterocycles. The van der Waals surface area contributed by atoms with Gasteiger partial charge < -0.3 is 14.8 Å². The van der Waals surface area contributed by atoms with Gasteiger partial charge >= 0.3 is 6.09 Å². The van der Waals surface area contributed by atoms with Crippen LogP contribution >= 0.6 is 11.8 Å². The van der Waals surface area contributed by atoms with E-state index in [0.717, 1.165) is 16.4 Å². The Labute approximate surface area is 111 Å². The fourth-order valence-corrected chi connectivity index (χ4v) is 1.95. The minimum absolute atomic E-state index is 0.234. The second kappa shape index (κ2) is 8.47. The van der Waals surface area contributed by atoms with Crippen LogP contribution in [-0.2, 0) is 4.74 Å². The fraction of sp³-hybridized carbons (Fsp3) is 0.308. The van der Waals surface area contributed by atoms with Crippen molar-refractivity contribution in [3.63, 3.8) is 0 Å². The molecule has 0 saturated carbocycles. The van der Waals surface area contributed by atoms with Crippen LogP contribution in [0.5, 0.6) is 5.75 Å². The predicted octanol–water partition coefficient (Wildman–Crippen LogP) is 2.70. The first-order valence-electron chi connectivity index (χ1n) is 5.54. The van der Waals surface area contributed by atoms with Gasteiger partial charge in [-0.15, -0.1) is 11.8 Å². The van der Waals surface area contributed by atoms with Gasteiger partial charge in [-0.05, 0) is 24.3 Å². The number of ether oxygens (including phenoxy) is 2. The van der Waals surface area contributed by atoms with Crippen molar-refractivity contribution in [3.8, 4) is 5.75 Å². The molecule has 1 amide bonds. The summed E-state index contributed by atoms with van der Waals surface area (Å²) in [4.78, 5) is 12.2. The maximum atomic E-state index is 11.1. The van der Waals surface area contributed by atoms with Gasteiger partial charge in [0, 0.05) is 17.2 Å². The van der Waals surface area contributed by atoms with E-state index in [2.05, 4.69) is 11.9 Å². The quantitative estimate of drug-likeness (QED) is 0.469. The zero-order valence-corrected chi connectivity index (χ0v) is 11.2. The topological polar surface area (TPSA) is 47.6 Å². The van der Waals surface area contributed by atoms with Crippen molar-refractivity contribution in [1.29, 1.82) is 0 Å². The molecule has 0 fully saturated rings. The molecule has 0 saturated heterocycles. The number of methoxy groups -OCH3 is 1. The largest absolute Gasteiger partial charge is 0.497 e. The maximum Gasteiger partial charge on any atom is 0.407 e. The van der Waals surface area contributed by atoms with Crippen molar-refractivity contribution in [2.45, 2.75) is 4.90 Å². The lowest BCUT2D eigenvalue weighted by atomic mass is 10.3. The lowest BCUT2D eigenvalue weighted by Gasteiger charge is -2.05. The minimum Gasteiger partial charge on any atom is -0.497 e. The number of carbonyl (C=O) groups is 1. The van der Waals surface area contributed by atoms with Gasteiger partial charge in [0.2, 0.25) is 0 Å². The normalized spacial score (nSPS) is 9.61. The smallest absolute Gasteiger partial charge is 0.407 e. The predicted molar refractivity (Wildman–Crippen MR) is 73.3 cm³/mol. The van der Waals surface area contributed by atoms with Gasteiger partial charge in [0.1, 0.15) is 12.4 Å². The number of rotatable bonds is 7. The zero-order chi connectivity index (χ0) is 13.2. The van der Waals surface area contributed by atoms with Crippen LogP contribution in [0.3, 0.4) is 0 Å². The summed E-state index contributed by atoms with van der Waals surface area (Å²) in [6.07, 6.45) is 1.12. The summed E-state index contributed by atoms with van der Waals surface area (Å²) in [5.74, 6) is 1.63. The van der Waals surface area contributed by atoms with Crippen molar-refractivity contribution in [2.24, 2.45) is 0 Å². The zero-order valence-electron chi connectivity index (χ0n) is 10.3. The third kappa shape index (κ3) is 5.63. The van der Waals surface area contributed by atoms with Crippen molar-refractivity contribution >= 4 is 17.9 Å². The molecule has 1 rings (SSSR count). The molecule has 0 bridgehead atoms. The van der Waals surface area contributed by atoms with Gasteiger partial charge in [0.15, 0.2) is 0 Å². The van der Waals surface area contributed by atoms with E-state index in [9.17, 15) is 4.79 Å². The lowest BCUT2D eigenvalue weighted by molar-refractivity contribution is 0.159. The molecule has 18 heavy (non-hydrogen) atoms. The molecule has 0 aliphatic heterocycles. The summed E-state index contributed by atoms with van der Waals surface area (Å²) in [5, 5.41) is 2.66. The molecule has 5 heteroatoms. The Morgan fingerprint density at radius 1 is 1.44 bits per heavy atom. The molecule has 0 aliphatic rings. The Balaban J connectivity index is 2.17. The second-order valence-corrected chi connectivity index (χ2v) is 4.51. The van der Waals surface area contributed by atoms with Crippen LogP contribution < -0.4 is 10.1 Å². The molecule has 98 valence electrons. The van der Waals surface area contributed by atoms with Crippen molar-refractivity contribution < 1.29 is 14.3 Å². The first-order valence-corrected chi connectivity index (χ1v) is 6.53. The molecule has 0 heterocycles. The number of benzene rings is 1. The van der Waals surface area contributed by atoms with E-state index in [1.165, 1.54) is 6.08 Å². The average molecular weight is 267 g/mol. The number of nitrogens with one attached hydrogen (secondary N) is 1. The van der Waals surface area contributed by atoms with Crippen LogP contribution in [0.1, 0.15) is 0 Å².